The highest BCUT2D eigenvalue weighted by Gasteiger charge is 2.28. The summed E-state index contributed by atoms with van der Waals surface area (Å²) in [7, 11) is 1.13. The molecule has 2 unspecified atom stereocenters. The molecule has 0 aliphatic carbocycles. The van der Waals surface area contributed by atoms with Crippen molar-refractivity contribution in [2.45, 2.75) is 38.8 Å². The Hall–Kier alpha value is -1.24. The van der Waals surface area contributed by atoms with Gasteiger partial charge >= 0.3 is 18.8 Å². The molecule has 0 saturated heterocycles. The molecule has 0 fully saturated rings. The largest absolute Gasteiger partial charge is 0.467 e. The summed E-state index contributed by atoms with van der Waals surface area (Å²) in [5.74, 6) is -0.803. The van der Waals surface area contributed by atoms with Crippen LogP contribution in [0.5, 0.6) is 0 Å². The number of rotatable bonds is 8. The van der Waals surface area contributed by atoms with E-state index in [1.807, 2.05) is 6.07 Å². The molecule has 2 atom stereocenters. The lowest BCUT2D eigenvalue weighted by atomic mass is 10.2. The quantitative estimate of drug-likeness (QED) is 0.369. The second kappa shape index (κ2) is 9.80. The van der Waals surface area contributed by atoms with E-state index in [0.717, 1.165) is 7.11 Å². The third kappa shape index (κ3) is 11.0. The van der Waals surface area contributed by atoms with Crippen LogP contribution in [-0.2, 0) is 35.1 Å². The van der Waals surface area contributed by atoms with Gasteiger partial charge in [0.25, 0.3) is 0 Å². The number of ether oxygens (including phenoxy) is 2. The fourth-order valence-electron chi connectivity index (χ4n) is 1.17. The Kier molecular flexibility index (Phi) is 9.27. The van der Waals surface area contributed by atoms with Gasteiger partial charge in [-0.05, 0) is 32.6 Å². The van der Waals surface area contributed by atoms with Gasteiger partial charge in [-0.3, -0.25) is 0 Å². The number of hydrogen-bond acceptors (Lipinski definition) is 8. The van der Waals surface area contributed by atoms with Crippen LogP contribution in [0.4, 0.5) is 4.79 Å². The van der Waals surface area contributed by atoms with Crippen molar-refractivity contribution in [2.75, 3.05) is 20.3 Å². The third-order valence-corrected chi connectivity index (χ3v) is 3.67. The molecule has 0 heterocycles. The van der Waals surface area contributed by atoms with Gasteiger partial charge in [-0.1, -0.05) is 0 Å². The maximum atomic E-state index is 11.7. The number of nitrogens with one attached hydrogen (secondary N) is 1. The van der Waals surface area contributed by atoms with Crippen LogP contribution >= 0.6 is 6.72 Å². The normalized spacial score (nSPS) is 15.0. The minimum Gasteiger partial charge on any atom is -0.467 e. The number of nitriles is 1. The Bertz CT molecular complexity index is 501. The number of alkyl carbamates (subject to hydrolysis) is 1. The number of hydrogen-bond donors (Lipinski definition) is 2. The predicted molar refractivity (Wildman–Crippen MR) is 83.8 cm³/mol. The SMILES string of the molecule is COC(=O)C(COP(O)(=S)OCCC#N)NC(=O)OC(C)(C)C. The lowest BCUT2D eigenvalue weighted by Gasteiger charge is -2.23. The minimum atomic E-state index is -3.63. The molecule has 0 rings (SSSR count). The lowest BCUT2D eigenvalue weighted by molar-refractivity contribution is -0.143. The van der Waals surface area contributed by atoms with Crippen molar-refractivity contribution < 1.29 is 33.0 Å². The van der Waals surface area contributed by atoms with Crippen molar-refractivity contribution in [3.8, 4) is 6.07 Å². The highest BCUT2D eigenvalue weighted by molar-refractivity contribution is 8.07. The molecule has 0 saturated carbocycles. The van der Waals surface area contributed by atoms with Crippen molar-refractivity contribution >= 4 is 30.6 Å². The van der Waals surface area contributed by atoms with Gasteiger partial charge in [-0.2, -0.15) is 5.26 Å². The lowest BCUT2D eigenvalue weighted by Crippen LogP contribution is -2.46. The van der Waals surface area contributed by atoms with Crippen LogP contribution in [0.2, 0.25) is 0 Å². The Morgan fingerprint density at radius 2 is 2.00 bits per heavy atom. The van der Waals surface area contributed by atoms with Gasteiger partial charge in [-0.25, -0.2) is 9.59 Å². The molecule has 0 aliphatic rings. The van der Waals surface area contributed by atoms with Gasteiger partial charge in [0.2, 0.25) is 0 Å². The maximum Gasteiger partial charge on any atom is 0.408 e. The van der Waals surface area contributed by atoms with Gasteiger partial charge in [-0.15, -0.1) is 0 Å². The van der Waals surface area contributed by atoms with Crippen molar-refractivity contribution in [2.24, 2.45) is 0 Å². The molecule has 0 aromatic heterocycles. The molecule has 2 N–H and O–H groups in total. The zero-order valence-electron chi connectivity index (χ0n) is 13.4. The molecule has 23 heavy (non-hydrogen) atoms. The fourth-order valence-corrected chi connectivity index (χ4v) is 2.31. The predicted octanol–water partition coefficient (Wildman–Crippen LogP) is 1.22. The van der Waals surface area contributed by atoms with Gasteiger partial charge in [0.05, 0.1) is 32.8 Å². The van der Waals surface area contributed by atoms with E-state index < -0.39 is 37.0 Å². The third-order valence-electron chi connectivity index (χ3n) is 2.05. The molecule has 0 aromatic carbocycles. The number of amides is 1. The van der Waals surface area contributed by atoms with Gasteiger partial charge in [0.1, 0.15) is 5.60 Å². The molecule has 11 heteroatoms. The number of esters is 1. The van der Waals surface area contributed by atoms with E-state index in [1.165, 1.54) is 0 Å². The summed E-state index contributed by atoms with van der Waals surface area (Å²) >= 11 is 4.72. The Balaban J connectivity index is 4.63. The summed E-state index contributed by atoms with van der Waals surface area (Å²) < 4.78 is 19.4. The van der Waals surface area contributed by atoms with E-state index in [4.69, 9.17) is 30.9 Å². The number of carbonyl (C=O) groups excluding carboxylic acids is 2. The summed E-state index contributed by atoms with van der Waals surface area (Å²) in [5, 5.41) is 10.6. The molecular formula is C12H21N2O7PS. The van der Waals surface area contributed by atoms with E-state index in [-0.39, 0.29) is 13.0 Å². The number of nitrogens with zero attached hydrogens (tertiary/aromatic N) is 1. The molecule has 0 radical (unpaired) electrons. The first-order valence-corrected chi connectivity index (χ1v) is 9.16. The van der Waals surface area contributed by atoms with E-state index in [0.29, 0.717) is 0 Å². The van der Waals surface area contributed by atoms with Crippen molar-refractivity contribution in [1.29, 1.82) is 5.26 Å². The number of methoxy groups -OCH3 is 1. The van der Waals surface area contributed by atoms with Crippen LogP contribution in [-0.4, -0.2) is 48.9 Å². The van der Waals surface area contributed by atoms with Crippen LogP contribution in [0.15, 0.2) is 0 Å². The average molecular weight is 368 g/mol. The molecule has 132 valence electrons. The first-order chi connectivity index (χ1) is 10.5. The zero-order chi connectivity index (χ0) is 18.1. The van der Waals surface area contributed by atoms with Gasteiger partial charge in [0, 0.05) is 0 Å². The topological polar surface area (TPSA) is 127 Å². The van der Waals surface area contributed by atoms with Crippen LogP contribution < -0.4 is 5.32 Å². The first kappa shape index (κ1) is 21.8. The molecular weight excluding hydrogens is 347 g/mol. The second-order valence-electron chi connectivity index (χ2n) is 5.23. The smallest absolute Gasteiger partial charge is 0.408 e. The van der Waals surface area contributed by atoms with E-state index in [1.54, 1.807) is 20.8 Å². The van der Waals surface area contributed by atoms with Crippen LogP contribution in [0.25, 0.3) is 0 Å². The summed E-state index contributed by atoms with van der Waals surface area (Å²) in [6.45, 7) is 0.780. The Labute approximate surface area is 140 Å². The van der Waals surface area contributed by atoms with Crippen LogP contribution in [0.1, 0.15) is 27.2 Å². The van der Waals surface area contributed by atoms with Crippen molar-refractivity contribution in [3.63, 3.8) is 0 Å². The van der Waals surface area contributed by atoms with Gasteiger partial charge in [0.15, 0.2) is 6.04 Å². The standard InChI is InChI=1S/C12H21N2O7PS/c1-12(2,3)21-11(16)14-9(10(15)18-4)8-20-22(17,23)19-7-5-6-13/h9H,5,7-8H2,1-4H3,(H,14,16)(H,17,23). The summed E-state index contributed by atoms with van der Waals surface area (Å²) in [4.78, 5) is 33.1. The molecule has 0 bridgehead atoms. The summed E-state index contributed by atoms with van der Waals surface area (Å²) in [6, 6.07) is 0.580. The first-order valence-electron chi connectivity index (χ1n) is 6.57. The molecule has 0 aromatic rings. The monoisotopic (exact) mass is 368 g/mol. The maximum absolute atomic E-state index is 11.7. The van der Waals surface area contributed by atoms with Gasteiger partial charge < -0.3 is 28.7 Å². The second-order valence-corrected chi connectivity index (χ2v) is 8.07. The van der Waals surface area contributed by atoms with Crippen molar-refractivity contribution in [1.82, 2.24) is 5.32 Å². The highest BCUT2D eigenvalue weighted by Crippen LogP contribution is 2.43. The highest BCUT2D eigenvalue weighted by atomic mass is 32.5. The van der Waals surface area contributed by atoms with Crippen LogP contribution in [0, 0.1) is 11.3 Å². The fraction of sp³-hybridized carbons (Fsp3) is 0.750. The Morgan fingerprint density at radius 3 is 2.48 bits per heavy atom. The van der Waals surface area contributed by atoms with E-state index in [9.17, 15) is 14.5 Å². The van der Waals surface area contributed by atoms with Crippen LogP contribution in [0.3, 0.4) is 0 Å². The summed E-state index contributed by atoms with van der Waals surface area (Å²) in [6.07, 6.45) is -0.827. The van der Waals surface area contributed by atoms with E-state index >= 15 is 0 Å². The van der Waals surface area contributed by atoms with Crippen molar-refractivity contribution in [3.05, 3.63) is 0 Å². The average Bonchev–Trinajstić information content (AvgIpc) is 2.40. The molecule has 0 aliphatic heterocycles. The molecule has 9 nitrogen and oxygen atoms in total. The minimum absolute atomic E-state index is 0.0267. The number of carbonyl (C=O) groups is 2. The van der Waals surface area contributed by atoms with E-state index in [2.05, 4.69) is 10.1 Å². The zero-order valence-corrected chi connectivity index (χ0v) is 15.1. The summed E-state index contributed by atoms with van der Waals surface area (Å²) in [5.41, 5.74) is -0.752. The Morgan fingerprint density at radius 1 is 1.39 bits per heavy atom. The molecule has 0 spiro atoms. The molecule has 1 amide bonds.